The summed E-state index contributed by atoms with van der Waals surface area (Å²) in [5, 5.41) is 3.04. The first-order valence-electron chi connectivity index (χ1n) is 9.37. The number of carbonyl (C=O) groups is 2. The number of aryl methyl sites for hydroxylation is 2. The second kappa shape index (κ2) is 8.50. The van der Waals surface area contributed by atoms with E-state index in [1.165, 1.54) is 11.1 Å². The normalized spacial score (nSPS) is 18.1. The molecule has 1 fully saturated rings. The summed E-state index contributed by atoms with van der Waals surface area (Å²) in [5.41, 5.74) is 2.09. The summed E-state index contributed by atoms with van der Waals surface area (Å²) in [6, 6.07) is 8.35. The maximum atomic E-state index is 12.5. The van der Waals surface area contributed by atoms with Crippen LogP contribution in [0.15, 0.2) is 24.3 Å². The number of carbonyl (C=O) groups excluding carboxylic acids is 2. The summed E-state index contributed by atoms with van der Waals surface area (Å²) in [6.45, 7) is 10.1. The summed E-state index contributed by atoms with van der Waals surface area (Å²) in [6.07, 6.45) is 3.45. The van der Waals surface area contributed by atoms with Crippen LogP contribution >= 0.6 is 0 Å². The van der Waals surface area contributed by atoms with E-state index >= 15 is 0 Å². The molecule has 0 aliphatic carbocycles. The number of hydrogen-bond donors (Lipinski definition) is 1. The molecule has 25 heavy (non-hydrogen) atoms. The van der Waals surface area contributed by atoms with Gasteiger partial charge in [0.05, 0.1) is 0 Å². The van der Waals surface area contributed by atoms with Gasteiger partial charge in [0.15, 0.2) is 0 Å². The standard InChI is InChI=1S/C21H32N2O2/c1-16-7-5-8-17(13-16)10-11-19(24)23-12-6-9-18(15-23)14-22-20(25)21(2,3)4/h5,7-8,13,18H,6,9-12,14-15H2,1-4H3,(H,22,25)/t18-/m0/s1. The Labute approximate surface area is 152 Å². The molecule has 1 aromatic carbocycles. The average molecular weight is 344 g/mol. The molecule has 138 valence electrons. The molecule has 4 heteroatoms. The zero-order valence-electron chi connectivity index (χ0n) is 16.1. The zero-order chi connectivity index (χ0) is 18.4. The highest BCUT2D eigenvalue weighted by atomic mass is 16.2. The van der Waals surface area contributed by atoms with E-state index < -0.39 is 0 Å². The van der Waals surface area contributed by atoms with Crippen molar-refractivity contribution in [1.29, 1.82) is 0 Å². The van der Waals surface area contributed by atoms with E-state index in [2.05, 4.69) is 30.4 Å². The van der Waals surface area contributed by atoms with Gasteiger partial charge in [-0.05, 0) is 37.7 Å². The average Bonchev–Trinajstić information content (AvgIpc) is 2.57. The van der Waals surface area contributed by atoms with Crippen LogP contribution in [-0.2, 0) is 16.0 Å². The minimum Gasteiger partial charge on any atom is -0.355 e. The SMILES string of the molecule is Cc1cccc(CCC(=O)N2CCC[C@@H](CNC(=O)C(C)(C)C)C2)c1. The van der Waals surface area contributed by atoms with Gasteiger partial charge < -0.3 is 10.2 Å². The molecule has 1 saturated heterocycles. The summed E-state index contributed by atoms with van der Waals surface area (Å²) >= 11 is 0. The van der Waals surface area contributed by atoms with Gasteiger partial charge in [-0.1, -0.05) is 50.6 Å². The van der Waals surface area contributed by atoms with Crippen molar-refractivity contribution in [1.82, 2.24) is 10.2 Å². The molecule has 1 atom stereocenters. The third kappa shape index (κ3) is 6.18. The van der Waals surface area contributed by atoms with Crippen molar-refractivity contribution in [3.05, 3.63) is 35.4 Å². The van der Waals surface area contributed by atoms with E-state index in [-0.39, 0.29) is 17.2 Å². The van der Waals surface area contributed by atoms with Crippen LogP contribution in [0.3, 0.4) is 0 Å². The van der Waals surface area contributed by atoms with Crippen molar-refractivity contribution in [2.75, 3.05) is 19.6 Å². The molecule has 2 rings (SSSR count). The number of piperidine rings is 1. The molecule has 1 aliphatic heterocycles. The first-order chi connectivity index (χ1) is 11.8. The number of nitrogens with zero attached hydrogens (tertiary/aromatic N) is 1. The maximum absolute atomic E-state index is 12.5. The Morgan fingerprint density at radius 3 is 2.72 bits per heavy atom. The molecule has 4 nitrogen and oxygen atoms in total. The smallest absolute Gasteiger partial charge is 0.225 e. The van der Waals surface area contributed by atoms with E-state index in [1.54, 1.807) is 0 Å². The fourth-order valence-electron chi connectivity index (χ4n) is 3.24. The van der Waals surface area contributed by atoms with Crippen molar-refractivity contribution in [3.63, 3.8) is 0 Å². The third-order valence-electron chi connectivity index (χ3n) is 4.81. The van der Waals surface area contributed by atoms with Gasteiger partial charge in [0, 0.05) is 31.5 Å². The van der Waals surface area contributed by atoms with Crippen molar-refractivity contribution in [2.24, 2.45) is 11.3 Å². The van der Waals surface area contributed by atoms with Crippen molar-refractivity contribution < 1.29 is 9.59 Å². The van der Waals surface area contributed by atoms with Gasteiger partial charge in [-0.2, -0.15) is 0 Å². The number of amides is 2. The molecular formula is C21H32N2O2. The molecule has 0 bridgehead atoms. The first-order valence-corrected chi connectivity index (χ1v) is 9.37. The van der Waals surface area contributed by atoms with E-state index in [4.69, 9.17) is 0 Å². The van der Waals surface area contributed by atoms with Crippen LogP contribution in [-0.4, -0.2) is 36.3 Å². The zero-order valence-corrected chi connectivity index (χ0v) is 16.1. The van der Waals surface area contributed by atoms with Crippen molar-refractivity contribution in [3.8, 4) is 0 Å². The van der Waals surface area contributed by atoms with E-state index in [0.29, 0.717) is 18.9 Å². The molecule has 0 radical (unpaired) electrons. The number of nitrogens with one attached hydrogen (secondary N) is 1. The molecule has 0 unspecified atom stereocenters. The Kier molecular flexibility index (Phi) is 6.63. The lowest BCUT2D eigenvalue weighted by molar-refractivity contribution is -0.133. The van der Waals surface area contributed by atoms with Crippen LogP contribution in [0, 0.1) is 18.3 Å². The highest BCUT2D eigenvalue weighted by Crippen LogP contribution is 2.19. The largest absolute Gasteiger partial charge is 0.355 e. The van der Waals surface area contributed by atoms with E-state index in [9.17, 15) is 9.59 Å². The maximum Gasteiger partial charge on any atom is 0.225 e. The Bertz CT molecular complexity index is 604. The molecule has 2 amide bonds. The van der Waals surface area contributed by atoms with Crippen LogP contribution in [0.5, 0.6) is 0 Å². The minimum absolute atomic E-state index is 0.0791. The van der Waals surface area contributed by atoms with E-state index in [1.807, 2.05) is 31.7 Å². The fourth-order valence-corrected chi connectivity index (χ4v) is 3.24. The van der Waals surface area contributed by atoms with Gasteiger partial charge in [0.2, 0.25) is 11.8 Å². The van der Waals surface area contributed by atoms with Crippen LogP contribution < -0.4 is 5.32 Å². The molecule has 0 spiro atoms. The lowest BCUT2D eigenvalue weighted by Gasteiger charge is -2.33. The molecule has 0 saturated carbocycles. The van der Waals surface area contributed by atoms with Crippen LogP contribution in [0.25, 0.3) is 0 Å². The van der Waals surface area contributed by atoms with Gasteiger partial charge >= 0.3 is 0 Å². The molecule has 1 aromatic rings. The lowest BCUT2D eigenvalue weighted by atomic mass is 9.94. The monoisotopic (exact) mass is 344 g/mol. The fraction of sp³-hybridized carbons (Fsp3) is 0.619. The van der Waals surface area contributed by atoms with Gasteiger partial charge in [-0.3, -0.25) is 9.59 Å². The number of likely N-dealkylation sites (tertiary alicyclic amines) is 1. The van der Waals surface area contributed by atoms with Gasteiger partial charge in [0.25, 0.3) is 0 Å². The Balaban J connectivity index is 1.79. The van der Waals surface area contributed by atoms with Crippen LogP contribution in [0.1, 0.15) is 51.2 Å². The Morgan fingerprint density at radius 1 is 1.28 bits per heavy atom. The summed E-state index contributed by atoms with van der Waals surface area (Å²) in [7, 11) is 0. The predicted molar refractivity (Wildman–Crippen MR) is 101 cm³/mol. The number of rotatable bonds is 5. The molecule has 1 aliphatic rings. The Hall–Kier alpha value is -1.84. The third-order valence-corrected chi connectivity index (χ3v) is 4.81. The van der Waals surface area contributed by atoms with Gasteiger partial charge in [-0.15, -0.1) is 0 Å². The predicted octanol–water partition coefficient (Wildman–Crippen LogP) is 3.33. The Morgan fingerprint density at radius 2 is 2.04 bits per heavy atom. The second-order valence-electron chi connectivity index (χ2n) is 8.30. The van der Waals surface area contributed by atoms with Crippen LogP contribution in [0.2, 0.25) is 0 Å². The highest BCUT2D eigenvalue weighted by Gasteiger charge is 2.26. The summed E-state index contributed by atoms with van der Waals surface area (Å²) in [4.78, 5) is 26.5. The topological polar surface area (TPSA) is 49.4 Å². The summed E-state index contributed by atoms with van der Waals surface area (Å²) in [5.74, 6) is 0.673. The lowest BCUT2D eigenvalue weighted by Crippen LogP contribution is -2.45. The van der Waals surface area contributed by atoms with Gasteiger partial charge in [-0.25, -0.2) is 0 Å². The van der Waals surface area contributed by atoms with E-state index in [0.717, 1.165) is 32.4 Å². The molecule has 1 N–H and O–H groups in total. The molecule has 0 aromatic heterocycles. The van der Waals surface area contributed by atoms with Gasteiger partial charge in [0.1, 0.15) is 0 Å². The minimum atomic E-state index is -0.363. The van der Waals surface area contributed by atoms with Crippen molar-refractivity contribution >= 4 is 11.8 Å². The quantitative estimate of drug-likeness (QED) is 0.891. The number of benzene rings is 1. The van der Waals surface area contributed by atoms with Crippen LogP contribution in [0.4, 0.5) is 0 Å². The highest BCUT2D eigenvalue weighted by molar-refractivity contribution is 5.81. The summed E-state index contributed by atoms with van der Waals surface area (Å²) < 4.78 is 0. The second-order valence-corrected chi connectivity index (χ2v) is 8.30. The molecule has 1 heterocycles. The first kappa shape index (κ1) is 19.5. The number of hydrogen-bond acceptors (Lipinski definition) is 2. The molecular weight excluding hydrogens is 312 g/mol. The van der Waals surface area contributed by atoms with Crippen molar-refractivity contribution in [2.45, 2.75) is 53.4 Å².